The highest BCUT2D eigenvalue weighted by molar-refractivity contribution is 8.18. The third-order valence-electron chi connectivity index (χ3n) is 4.24. The van der Waals surface area contributed by atoms with E-state index in [1.807, 2.05) is 36.4 Å². The van der Waals surface area contributed by atoms with Crippen LogP contribution in [0.15, 0.2) is 42.5 Å². The number of ether oxygens (including phenoxy) is 3. The summed E-state index contributed by atoms with van der Waals surface area (Å²) in [5.41, 5.74) is 1.00. The first-order valence-corrected chi connectivity index (χ1v) is 11.4. The van der Waals surface area contributed by atoms with Crippen LogP contribution in [0.5, 0.6) is 0 Å². The van der Waals surface area contributed by atoms with Gasteiger partial charge in [-0.3, -0.25) is 0 Å². The number of esters is 1. The minimum absolute atomic E-state index is 0.243. The van der Waals surface area contributed by atoms with Crippen molar-refractivity contribution >= 4 is 29.5 Å². The summed E-state index contributed by atoms with van der Waals surface area (Å²) in [7, 11) is 1.64. The van der Waals surface area contributed by atoms with Crippen molar-refractivity contribution in [2.75, 3.05) is 32.0 Å². The number of methoxy groups -OCH3 is 1. The molecule has 1 aromatic rings. The average molecular weight is 411 g/mol. The Morgan fingerprint density at radius 1 is 1.19 bits per heavy atom. The molecule has 1 heterocycles. The second-order valence-corrected chi connectivity index (χ2v) is 9.63. The van der Waals surface area contributed by atoms with Crippen molar-refractivity contribution in [2.45, 2.75) is 42.8 Å². The fraction of sp³-hybridized carbons (Fsp3) is 0.571. The number of carbonyl (C=O) groups is 1. The molecule has 2 rings (SSSR count). The largest absolute Gasteiger partial charge is 0.458 e. The van der Waals surface area contributed by atoms with Crippen LogP contribution in [0.1, 0.15) is 37.7 Å². The normalized spacial score (nSPS) is 16.5. The van der Waals surface area contributed by atoms with Crippen molar-refractivity contribution in [3.8, 4) is 0 Å². The molecule has 0 aromatic heterocycles. The van der Waals surface area contributed by atoms with Gasteiger partial charge in [0.2, 0.25) is 0 Å². The predicted octanol–water partition coefficient (Wildman–Crippen LogP) is 5.03. The highest BCUT2D eigenvalue weighted by Gasteiger charge is 2.32. The molecule has 1 saturated heterocycles. The van der Waals surface area contributed by atoms with E-state index in [-0.39, 0.29) is 10.0 Å². The maximum Gasteiger partial charge on any atom is 0.330 e. The summed E-state index contributed by atoms with van der Waals surface area (Å²) in [6, 6.07) is 9.74. The molecule has 0 unspecified atom stereocenters. The lowest BCUT2D eigenvalue weighted by Gasteiger charge is -2.36. The molecule has 1 aromatic carbocycles. The average Bonchev–Trinajstić information content (AvgIpc) is 2.71. The standard InChI is InChI=1S/C21H30O4S2/c1-23-18-24-14-7-13-21(26-15-8-16-27-21)12-6-5-11-20(22)25-17-19-9-3-2-4-10-19/h2-5,9-11H,6-8,12-18H2,1H3/b11-5+. The Hall–Kier alpha value is -0.950. The Bertz CT molecular complexity index is 557. The summed E-state index contributed by atoms with van der Waals surface area (Å²) in [6.07, 6.45) is 8.90. The van der Waals surface area contributed by atoms with Gasteiger partial charge in [-0.2, -0.15) is 0 Å². The Labute approximate surface area is 171 Å². The van der Waals surface area contributed by atoms with E-state index in [0.717, 1.165) is 37.9 Å². The molecule has 0 N–H and O–H groups in total. The first kappa shape index (κ1) is 22.3. The van der Waals surface area contributed by atoms with Crippen molar-refractivity contribution in [3.63, 3.8) is 0 Å². The Morgan fingerprint density at radius 3 is 2.70 bits per heavy atom. The molecule has 0 radical (unpaired) electrons. The van der Waals surface area contributed by atoms with Crippen LogP contribution in [-0.2, 0) is 25.6 Å². The summed E-state index contributed by atoms with van der Waals surface area (Å²) in [6.45, 7) is 1.42. The van der Waals surface area contributed by atoms with Crippen LogP contribution in [0.2, 0.25) is 0 Å². The van der Waals surface area contributed by atoms with Crippen molar-refractivity contribution < 1.29 is 19.0 Å². The van der Waals surface area contributed by atoms with Gasteiger partial charge in [-0.1, -0.05) is 36.4 Å². The Balaban J connectivity index is 1.70. The molecule has 0 amide bonds. The molecule has 150 valence electrons. The van der Waals surface area contributed by atoms with Gasteiger partial charge in [-0.15, -0.1) is 23.5 Å². The number of rotatable bonds is 12. The van der Waals surface area contributed by atoms with Crippen LogP contribution in [0.4, 0.5) is 0 Å². The molecule has 1 fully saturated rings. The number of hydrogen-bond donors (Lipinski definition) is 0. The SMILES string of the molecule is COCOCCCC1(CC/C=C/C(=O)OCc2ccccc2)SCCCS1. The summed E-state index contributed by atoms with van der Waals surface area (Å²) < 4.78 is 15.9. The van der Waals surface area contributed by atoms with Crippen LogP contribution in [0, 0.1) is 0 Å². The molecule has 1 aliphatic rings. The number of carbonyl (C=O) groups excluding carboxylic acids is 1. The van der Waals surface area contributed by atoms with E-state index in [1.54, 1.807) is 13.2 Å². The van der Waals surface area contributed by atoms with Gasteiger partial charge in [0, 0.05) is 19.8 Å². The van der Waals surface area contributed by atoms with Gasteiger partial charge in [0.15, 0.2) is 0 Å². The quantitative estimate of drug-likeness (QED) is 0.208. The van der Waals surface area contributed by atoms with Gasteiger partial charge in [0.25, 0.3) is 0 Å². The highest BCUT2D eigenvalue weighted by Crippen LogP contribution is 2.48. The lowest BCUT2D eigenvalue weighted by molar-refractivity contribution is -0.139. The fourth-order valence-electron chi connectivity index (χ4n) is 2.88. The molecular formula is C21H30O4S2. The maximum atomic E-state index is 11.9. The Morgan fingerprint density at radius 2 is 1.96 bits per heavy atom. The third kappa shape index (κ3) is 9.19. The van der Waals surface area contributed by atoms with Crippen LogP contribution in [0.3, 0.4) is 0 Å². The van der Waals surface area contributed by atoms with E-state index < -0.39 is 0 Å². The molecule has 0 atom stereocenters. The van der Waals surface area contributed by atoms with Gasteiger partial charge < -0.3 is 14.2 Å². The van der Waals surface area contributed by atoms with E-state index in [1.165, 1.54) is 17.9 Å². The first-order chi connectivity index (χ1) is 13.2. The van der Waals surface area contributed by atoms with Crippen molar-refractivity contribution in [1.82, 2.24) is 0 Å². The molecule has 1 aliphatic heterocycles. The van der Waals surface area contributed by atoms with E-state index >= 15 is 0 Å². The third-order valence-corrected chi connectivity index (χ3v) is 7.80. The monoisotopic (exact) mass is 410 g/mol. The predicted molar refractivity (Wildman–Crippen MR) is 114 cm³/mol. The summed E-state index contributed by atoms with van der Waals surface area (Å²) in [4.78, 5) is 11.9. The fourth-order valence-corrected chi connectivity index (χ4v) is 6.32. The van der Waals surface area contributed by atoms with Crippen molar-refractivity contribution in [2.24, 2.45) is 0 Å². The van der Waals surface area contributed by atoms with Gasteiger partial charge in [0.1, 0.15) is 13.4 Å². The molecule has 0 spiro atoms. The molecule has 4 nitrogen and oxygen atoms in total. The van der Waals surface area contributed by atoms with Crippen LogP contribution >= 0.6 is 23.5 Å². The van der Waals surface area contributed by atoms with Gasteiger partial charge in [-0.25, -0.2) is 4.79 Å². The van der Waals surface area contributed by atoms with E-state index in [2.05, 4.69) is 23.5 Å². The lowest BCUT2D eigenvalue weighted by atomic mass is 10.1. The topological polar surface area (TPSA) is 44.8 Å². The second kappa shape index (κ2) is 13.3. The smallest absolute Gasteiger partial charge is 0.330 e. The van der Waals surface area contributed by atoms with Crippen LogP contribution in [0.25, 0.3) is 0 Å². The zero-order valence-corrected chi connectivity index (χ0v) is 17.7. The zero-order chi connectivity index (χ0) is 19.2. The maximum absolute atomic E-state index is 11.9. The second-order valence-electron chi connectivity index (χ2n) is 6.41. The van der Waals surface area contributed by atoms with Gasteiger partial charge >= 0.3 is 5.97 Å². The van der Waals surface area contributed by atoms with Crippen molar-refractivity contribution in [3.05, 3.63) is 48.0 Å². The summed E-state index contributed by atoms with van der Waals surface area (Å²) in [5.74, 6) is 2.16. The first-order valence-electron chi connectivity index (χ1n) is 9.46. The van der Waals surface area contributed by atoms with Crippen LogP contribution < -0.4 is 0 Å². The van der Waals surface area contributed by atoms with Gasteiger partial charge in [0.05, 0.1) is 4.08 Å². The Kier molecular flexibility index (Phi) is 11.0. The summed E-state index contributed by atoms with van der Waals surface area (Å²) >= 11 is 4.13. The molecule has 0 bridgehead atoms. The van der Waals surface area contributed by atoms with Crippen LogP contribution in [-0.4, -0.2) is 42.1 Å². The molecular weight excluding hydrogens is 380 g/mol. The number of benzene rings is 1. The summed E-state index contributed by atoms with van der Waals surface area (Å²) in [5, 5.41) is 0. The van der Waals surface area contributed by atoms with E-state index in [4.69, 9.17) is 14.2 Å². The molecule has 0 aliphatic carbocycles. The van der Waals surface area contributed by atoms with E-state index in [9.17, 15) is 4.79 Å². The highest BCUT2D eigenvalue weighted by atomic mass is 32.2. The van der Waals surface area contributed by atoms with Gasteiger partial charge in [-0.05, 0) is 49.2 Å². The molecule has 27 heavy (non-hydrogen) atoms. The number of hydrogen-bond acceptors (Lipinski definition) is 6. The molecule has 0 saturated carbocycles. The minimum Gasteiger partial charge on any atom is -0.458 e. The number of thioether (sulfide) groups is 2. The zero-order valence-electron chi connectivity index (χ0n) is 16.1. The van der Waals surface area contributed by atoms with E-state index in [0.29, 0.717) is 13.4 Å². The number of allylic oxidation sites excluding steroid dienone is 1. The molecule has 6 heteroatoms. The van der Waals surface area contributed by atoms with Crippen molar-refractivity contribution in [1.29, 1.82) is 0 Å². The minimum atomic E-state index is -0.273. The lowest BCUT2D eigenvalue weighted by Crippen LogP contribution is -2.25.